The van der Waals surface area contributed by atoms with Crippen molar-refractivity contribution >= 4 is 33.2 Å². The van der Waals surface area contributed by atoms with Gasteiger partial charge >= 0.3 is 0 Å². The highest BCUT2D eigenvalue weighted by Crippen LogP contribution is 2.20. The second-order valence-corrected chi connectivity index (χ2v) is 6.82. The van der Waals surface area contributed by atoms with Gasteiger partial charge in [0.2, 0.25) is 0 Å². The molecule has 0 N–H and O–H groups in total. The molecule has 0 radical (unpaired) electrons. The molecule has 0 aliphatic carbocycles. The molecule has 0 bridgehead atoms. The third kappa shape index (κ3) is 4.16. The summed E-state index contributed by atoms with van der Waals surface area (Å²) in [4.78, 5) is 21.8. The van der Waals surface area contributed by atoms with Crippen molar-refractivity contribution in [3.8, 4) is 0 Å². The molecule has 0 amide bonds. The summed E-state index contributed by atoms with van der Waals surface area (Å²) >= 11 is 5.73. The van der Waals surface area contributed by atoms with E-state index in [1.165, 1.54) is 31.2 Å². The minimum atomic E-state index is -4.23. The number of nitro benzene ring substituents is 1. The Bertz CT molecular complexity index is 862. The summed E-state index contributed by atoms with van der Waals surface area (Å²) in [6, 6.07) is 10.1. The van der Waals surface area contributed by atoms with Crippen LogP contribution in [0.5, 0.6) is 0 Å². The SMILES string of the molecule is CC(OS(=O)(=O)c1ccc([N+](=O)[O-])cc1)C(=O)c1ccc(Cl)cc1. The topological polar surface area (TPSA) is 104 Å². The van der Waals surface area contributed by atoms with Crippen molar-refractivity contribution in [1.29, 1.82) is 0 Å². The minimum Gasteiger partial charge on any atom is -0.291 e. The predicted molar refractivity (Wildman–Crippen MR) is 86.6 cm³/mol. The van der Waals surface area contributed by atoms with E-state index in [9.17, 15) is 23.3 Å². The average Bonchev–Trinajstić information content (AvgIpc) is 2.54. The van der Waals surface area contributed by atoms with Crippen molar-refractivity contribution in [2.24, 2.45) is 0 Å². The zero-order valence-electron chi connectivity index (χ0n) is 12.4. The Hall–Kier alpha value is -2.29. The van der Waals surface area contributed by atoms with Crippen LogP contribution in [-0.2, 0) is 14.3 Å². The molecular formula is C15H12ClNO6S. The summed E-state index contributed by atoms with van der Waals surface area (Å²) in [5.41, 5.74) is 0.00467. The number of non-ortho nitro benzene ring substituents is 1. The summed E-state index contributed by atoms with van der Waals surface area (Å²) in [6.07, 6.45) is -1.26. The van der Waals surface area contributed by atoms with Gasteiger partial charge in [0.05, 0.1) is 9.82 Å². The van der Waals surface area contributed by atoms with Crippen LogP contribution in [0, 0.1) is 10.1 Å². The molecule has 0 aromatic heterocycles. The van der Waals surface area contributed by atoms with Crippen LogP contribution in [0.15, 0.2) is 53.4 Å². The Kier molecular flexibility index (Phi) is 5.33. The van der Waals surface area contributed by atoms with Crippen LogP contribution in [0.4, 0.5) is 5.69 Å². The van der Waals surface area contributed by atoms with E-state index in [0.717, 1.165) is 24.3 Å². The number of hydrogen-bond donors (Lipinski definition) is 0. The first kappa shape index (κ1) is 18.1. The van der Waals surface area contributed by atoms with Crippen molar-refractivity contribution < 1.29 is 22.3 Å². The molecule has 2 rings (SSSR count). The van der Waals surface area contributed by atoms with Gasteiger partial charge in [-0.15, -0.1) is 0 Å². The Labute approximate surface area is 143 Å². The van der Waals surface area contributed by atoms with Crippen molar-refractivity contribution in [2.45, 2.75) is 17.9 Å². The molecule has 7 nitrogen and oxygen atoms in total. The standard InChI is InChI=1S/C15H12ClNO6S/c1-10(15(18)11-2-4-12(16)5-3-11)23-24(21,22)14-8-6-13(7-9-14)17(19)20/h2-10H,1H3. The fraction of sp³-hybridized carbons (Fsp3) is 0.133. The van der Waals surface area contributed by atoms with Gasteiger partial charge in [-0.1, -0.05) is 11.6 Å². The normalized spacial score (nSPS) is 12.6. The summed E-state index contributed by atoms with van der Waals surface area (Å²) in [5, 5.41) is 11.0. The number of nitro groups is 1. The summed E-state index contributed by atoms with van der Waals surface area (Å²) < 4.78 is 29.2. The van der Waals surface area contributed by atoms with Crippen LogP contribution in [-0.4, -0.2) is 25.2 Å². The van der Waals surface area contributed by atoms with Gasteiger partial charge in [0.15, 0.2) is 5.78 Å². The zero-order chi connectivity index (χ0) is 17.9. The van der Waals surface area contributed by atoms with E-state index in [2.05, 4.69) is 0 Å². The molecule has 0 fully saturated rings. The van der Waals surface area contributed by atoms with E-state index < -0.39 is 26.9 Å². The highest BCUT2D eigenvalue weighted by atomic mass is 35.5. The van der Waals surface area contributed by atoms with Gasteiger partial charge < -0.3 is 0 Å². The highest BCUT2D eigenvalue weighted by molar-refractivity contribution is 7.86. The number of rotatable bonds is 6. The Balaban J connectivity index is 2.17. The first-order chi connectivity index (χ1) is 11.2. The third-order valence-electron chi connectivity index (χ3n) is 3.11. The molecule has 0 spiro atoms. The molecular weight excluding hydrogens is 358 g/mol. The van der Waals surface area contributed by atoms with Crippen LogP contribution >= 0.6 is 11.6 Å². The van der Waals surface area contributed by atoms with Crippen LogP contribution < -0.4 is 0 Å². The highest BCUT2D eigenvalue weighted by Gasteiger charge is 2.25. The Morgan fingerprint density at radius 3 is 2.17 bits per heavy atom. The Morgan fingerprint density at radius 2 is 1.67 bits per heavy atom. The fourth-order valence-electron chi connectivity index (χ4n) is 1.87. The molecule has 9 heteroatoms. The lowest BCUT2D eigenvalue weighted by molar-refractivity contribution is -0.384. The fourth-order valence-corrected chi connectivity index (χ4v) is 3.05. The average molecular weight is 370 g/mol. The quantitative estimate of drug-likeness (QED) is 0.335. The molecule has 24 heavy (non-hydrogen) atoms. The van der Waals surface area contributed by atoms with Gasteiger partial charge in [-0.3, -0.25) is 19.1 Å². The minimum absolute atomic E-state index is 0.251. The molecule has 0 aliphatic heterocycles. The number of nitrogens with zero attached hydrogens (tertiary/aromatic N) is 1. The molecule has 0 aliphatic rings. The summed E-state index contributed by atoms with van der Waals surface area (Å²) in [7, 11) is -4.23. The lowest BCUT2D eigenvalue weighted by Crippen LogP contribution is -2.24. The number of carbonyl (C=O) groups excluding carboxylic acids is 1. The molecule has 126 valence electrons. The summed E-state index contributed by atoms with van der Waals surface area (Å²) in [5.74, 6) is -0.530. The van der Waals surface area contributed by atoms with Gasteiger partial charge in [-0.25, -0.2) is 0 Å². The van der Waals surface area contributed by atoms with E-state index >= 15 is 0 Å². The lowest BCUT2D eigenvalue weighted by Gasteiger charge is -2.12. The van der Waals surface area contributed by atoms with E-state index in [0.29, 0.717) is 5.02 Å². The monoisotopic (exact) mass is 369 g/mol. The van der Waals surface area contributed by atoms with Gasteiger partial charge in [-0.05, 0) is 43.3 Å². The Morgan fingerprint density at radius 1 is 1.12 bits per heavy atom. The van der Waals surface area contributed by atoms with Gasteiger partial charge in [0.1, 0.15) is 6.10 Å². The number of hydrogen-bond acceptors (Lipinski definition) is 6. The molecule has 1 atom stereocenters. The van der Waals surface area contributed by atoms with Crippen molar-refractivity contribution in [2.75, 3.05) is 0 Å². The molecule has 2 aromatic carbocycles. The second kappa shape index (κ2) is 7.08. The van der Waals surface area contributed by atoms with E-state index in [-0.39, 0.29) is 16.1 Å². The molecule has 0 saturated carbocycles. The molecule has 0 heterocycles. The van der Waals surface area contributed by atoms with E-state index in [1.54, 1.807) is 0 Å². The van der Waals surface area contributed by atoms with Gasteiger partial charge in [-0.2, -0.15) is 8.42 Å². The first-order valence-electron chi connectivity index (χ1n) is 6.68. The van der Waals surface area contributed by atoms with E-state index in [4.69, 9.17) is 15.8 Å². The van der Waals surface area contributed by atoms with Crippen molar-refractivity contribution in [3.05, 3.63) is 69.2 Å². The number of halogens is 1. The number of benzene rings is 2. The van der Waals surface area contributed by atoms with Crippen LogP contribution in [0.1, 0.15) is 17.3 Å². The van der Waals surface area contributed by atoms with Crippen LogP contribution in [0.3, 0.4) is 0 Å². The number of ketones is 1. The van der Waals surface area contributed by atoms with Crippen molar-refractivity contribution in [3.63, 3.8) is 0 Å². The number of carbonyl (C=O) groups is 1. The largest absolute Gasteiger partial charge is 0.297 e. The number of Topliss-reactive ketones (excluding diaryl/α,β-unsaturated/α-hetero) is 1. The van der Waals surface area contributed by atoms with E-state index in [1.807, 2.05) is 0 Å². The van der Waals surface area contributed by atoms with Gasteiger partial charge in [0.25, 0.3) is 15.8 Å². The second-order valence-electron chi connectivity index (χ2n) is 4.81. The third-order valence-corrected chi connectivity index (χ3v) is 4.75. The molecule has 2 aromatic rings. The first-order valence-corrected chi connectivity index (χ1v) is 8.47. The lowest BCUT2D eigenvalue weighted by atomic mass is 10.1. The maximum Gasteiger partial charge on any atom is 0.297 e. The zero-order valence-corrected chi connectivity index (χ0v) is 14.0. The predicted octanol–water partition coefficient (Wildman–Crippen LogP) is 3.22. The van der Waals surface area contributed by atoms with Gasteiger partial charge in [0, 0.05) is 22.7 Å². The maximum absolute atomic E-state index is 12.2. The van der Waals surface area contributed by atoms with Crippen molar-refractivity contribution in [1.82, 2.24) is 0 Å². The molecule has 1 unspecified atom stereocenters. The molecule has 0 saturated heterocycles. The van der Waals surface area contributed by atoms with Crippen LogP contribution in [0.25, 0.3) is 0 Å². The van der Waals surface area contributed by atoms with Crippen LogP contribution in [0.2, 0.25) is 5.02 Å². The smallest absolute Gasteiger partial charge is 0.291 e. The maximum atomic E-state index is 12.2. The summed E-state index contributed by atoms with van der Waals surface area (Å²) in [6.45, 7) is 1.31.